The second-order valence-corrected chi connectivity index (χ2v) is 14.1. The van der Waals surface area contributed by atoms with Crippen LogP contribution in [0.4, 0.5) is 0 Å². The highest BCUT2D eigenvalue weighted by atomic mass is 16.3. The normalized spacial score (nSPS) is 13.3. The number of nitrogens with zero attached hydrogens (tertiary/aromatic N) is 1. The first kappa shape index (κ1) is 67.1. The van der Waals surface area contributed by atoms with Gasteiger partial charge in [0.25, 0.3) is 0 Å². The Hall–Kier alpha value is -0.640. The summed E-state index contributed by atoms with van der Waals surface area (Å²) >= 11 is 0. The quantitative estimate of drug-likeness (QED) is 0.0516. The minimum atomic E-state index is -0.330. The Balaban J connectivity index is -0.000000131. The van der Waals surface area contributed by atoms with Gasteiger partial charge in [-0.15, -0.1) is 0 Å². The van der Waals surface area contributed by atoms with Crippen LogP contribution in [0.3, 0.4) is 0 Å². The molecule has 56 heavy (non-hydrogen) atoms. The number of nitrogens with one attached hydrogen (secondary N) is 6. The van der Waals surface area contributed by atoms with Crippen molar-refractivity contribution in [3.8, 4) is 0 Å². The molecule has 0 spiro atoms. The molecule has 0 bridgehead atoms. The SMILES string of the molecule is CC(C)(C)NCCO.CC(O)CNCC(C)O.CCCCNCCO.CCN(CC)CCO.CCNCCO.OCCNC1CCCCC1.OCCNCCO. The van der Waals surface area contributed by atoms with Crippen LogP contribution in [0.25, 0.3) is 0 Å². The molecule has 1 rings (SSSR count). The van der Waals surface area contributed by atoms with Gasteiger partial charge >= 0.3 is 0 Å². The van der Waals surface area contributed by atoms with Crippen molar-refractivity contribution < 1.29 is 46.0 Å². The topological polar surface area (TPSA) is 257 Å². The highest BCUT2D eigenvalue weighted by molar-refractivity contribution is 4.71. The van der Waals surface area contributed by atoms with Crippen molar-refractivity contribution in [3.63, 3.8) is 0 Å². The van der Waals surface area contributed by atoms with Crippen molar-refractivity contribution in [3.05, 3.63) is 0 Å². The van der Waals surface area contributed by atoms with Gasteiger partial charge in [-0.05, 0) is 80.1 Å². The first-order chi connectivity index (χ1) is 26.7. The fraction of sp³-hybridized carbons (Fsp3) is 1.00. The summed E-state index contributed by atoms with van der Waals surface area (Å²) < 4.78 is 0. The van der Waals surface area contributed by atoms with Gasteiger partial charge in [-0.3, -0.25) is 0 Å². The minimum Gasteiger partial charge on any atom is -0.395 e. The molecule has 15 N–H and O–H groups in total. The van der Waals surface area contributed by atoms with E-state index in [2.05, 4.69) is 78.3 Å². The Morgan fingerprint density at radius 2 is 0.982 bits per heavy atom. The molecule has 0 aliphatic heterocycles. The number of hydrogen-bond acceptors (Lipinski definition) is 16. The van der Waals surface area contributed by atoms with E-state index in [9.17, 15) is 0 Å². The number of unbranched alkanes of at least 4 members (excludes halogenated alkanes) is 1. The summed E-state index contributed by atoms with van der Waals surface area (Å²) in [6.07, 6.45) is 8.51. The molecule has 0 aromatic carbocycles. The Morgan fingerprint density at radius 1 is 0.554 bits per heavy atom. The van der Waals surface area contributed by atoms with Crippen molar-refractivity contribution in [2.45, 2.75) is 131 Å². The van der Waals surface area contributed by atoms with Crippen LogP contribution in [0.5, 0.6) is 0 Å². The highest BCUT2D eigenvalue weighted by Gasteiger charge is 2.11. The maximum absolute atomic E-state index is 8.72. The molecule has 16 heteroatoms. The molecule has 0 aromatic heterocycles. The smallest absolute Gasteiger partial charge is 0.0636 e. The molecule has 1 aliphatic carbocycles. The molecule has 0 heterocycles. The molecule has 2 atom stereocenters. The number of aliphatic hydroxyl groups is 9. The van der Waals surface area contributed by atoms with Crippen molar-refractivity contribution in [2.24, 2.45) is 0 Å². The molecule has 0 amide bonds. The van der Waals surface area contributed by atoms with Crippen LogP contribution in [-0.2, 0) is 0 Å². The maximum atomic E-state index is 8.72. The standard InChI is InChI=1S/C8H17NO.C6H15NO2.3C6H15NO.C4H11NO2.C4H11NO/c10-7-6-9-8-4-2-1-3-5-8;1-5(8)3-7-4-6(2)9;1-6(2,3)7-4-5-8;1-3-7(4-2)5-6-8;1-2-3-4-7-5-6-8;6-3-1-5-2-4-7;1-2-5-3-4-6/h8-10H,1-7H2;5-9H,3-4H2,1-2H3;7-8H,4-5H2,1-3H3;8H,3-6H2,1-2H3;7-8H,2-6H2,1H3;5-7H,1-4H2;5-6H,2-4H2,1H3. The first-order valence-corrected chi connectivity index (χ1v) is 21.4. The molecule has 2 unspecified atom stereocenters. The van der Waals surface area contributed by atoms with Crippen LogP contribution < -0.4 is 31.9 Å². The van der Waals surface area contributed by atoms with E-state index in [1.165, 1.54) is 44.9 Å². The number of hydrogen-bond donors (Lipinski definition) is 15. The second kappa shape index (κ2) is 61.0. The van der Waals surface area contributed by atoms with Crippen LogP contribution in [0.2, 0.25) is 0 Å². The molecule has 0 radical (unpaired) electrons. The van der Waals surface area contributed by atoms with E-state index in [4.69, 9.17) is 46.0 Å². The molecular weight excluding hydrogens is 722 g/mol. The predicted molar refractivity (Wildman–Crippen MR) is 235 cm³/mol. The first-order valence-electron chi connectivity index (χ1n) is 21.4. The molecule has 16 nitrogen and oxygen atoms in total. The van der Waals surface area contributed by atoms with Crippen molar-refractivity contribution in [1.29, 1.82) is 0 Å². The Bertz CT molecular complexity index is 597. The molecular formula is C40H99N7O9. The summed E-state index contributed by atoms with van der Waals surface area (Å²) in [5.74, 6) is 0. The van der Waals surface area contributed by atoms with Crippen molar-refractivity contribution in [1.82, 2.24) is 36.8 Å². The fourth-order valence-corrected chi connectivity index (χ4v) is 4.23. The number of likely N-dealkylation sites (N-methyl/N-ethyl adjacent to an activating group) is 2. The summed E-state index contributed by atoms with van der Waals surface area (Å²) in [5.41, 5.74) is 0.142. The average Bonchev–Trinajstić information content (AvgIpc) is 3.18. The number of rotatable bonds is 25. The lowest BCUT2D eigenvalue weighted by atomic mass is 9.96. The Labute approximate surface area is 344 Å². The van der Waals surface area contributed by atoms with Crippen LogP contribution in [0, 0.1) is 0 Å². The van der Waals surface area contributed by atoms with Gasteiger partial charge in [0.05, 0.1) is 58.5 Å². The van der Waals surface area contributed by atoms with Gasteiger partial charge in [-0.2, -0.15) is 0 Å². The van der Waals surface area contributed by atoms with E-state index < -0.39 is 0 Å². The largest absolute Gasteiger partial charge is 0.395 e. The van der Waals surface area contributed by atoms with E-state index in [1.54, 1.807) is 13.8 Å². The van der Waals surface area contributed by atoms with E-state index in [0.717, 1.165) is 52.4 Å². The summed E-state index contributed by atoms with van der Waals surface area (Å²) in [6, 6.07) is 0.695. The summed E-state index contributed by atoms with van der Waals surface area (Å²) in [4.78, 5) is 2.18. The highest BCUT2D eigenvalue weighted by Crippen LogP contribution is 2.16. The van der Waals surface area contributed by atoms with E-state index in [-0.39, 0.29) is 64.0 Å². The third-order valence-electron chi connectivity index (χ3n) is 7.22. The predicted octanol–water partition coefficient (Wildman–Crippen LogP) is -0.557. The van der Waals surface area contributed by atoms with E-state index in [0.29, 0.717) is 38.8 Å². The van der Waals surface area contributed by atoms with Crippen LogP contribution >= 0.6 is 0 Å². The Kier molecular flexibility index (Phi) is 73.2. The number of β-amino-alcohol motifs (C(OH)–C–C–N with tert-alkyl or cyclic N) is 1. The lowest BCUT2D eigenvalue weighted by Gasteiger charge is -2.22. The van der Waals surface area contributed by atoms with Gasteiger partial charge in [-0.1, -0.05) is 53.4 Å². The monoisotopic (exact) mass is 822 g/mol. The van der Waals surface area contributed by atoms with Gasteiger partial charge in [0.1, 0.15) is 0 Å². The Morgan fingerprint density at radius 3 is 1.27 bits per heavy atom. The second-order valence-electron chi connectivity index (χ2n) is 14.1. The average molecular weight is 822 g/mol. The van der Waals surface area contributed by atoms with Gasteiger partial charge in [0, 0.05) is 70.5 Å². The number of aliphatic hydroxyl groups excluding tert-OH is 9. The molecule has 1 aliphatic rings. The van der Waals surface area contributed by atoms with Crippen LogP contribution in [-0.4, -0.2) is 206 Å². The maximum Gasteiger partial charge on any atom is 0.0636 e. The molecule has 1 saturated carbocycles. The van der Waals surface area contributed by atoms with Gasteiger partial charge < -0.3 is 82.8 Å². The summed E-state index contributed by atoms with van der Waals surface area (Å²) in [7, 11) is 0. The summed E-state index contributed by atoms with van der Waals surface area (Å²) in [5, 5.41) is 93.7. The van der Waals surface area contributed by atoms with Crippen LogP contribution in [0.15, 0.2) is 0 Å². The third-order valence-corrected chi connectivity index (χ3v) is 7.22. The zero-order valence-electron chi connectivity index (χ0n) is 37.8. The molecule has 0 aromatic rings. The zero-order valence-corrected chi connectivity index (χ0v) is 37.8. The van der Waals surface area contributed by atoms with Crippen LogP contribution in [0.1, 0.15) is 107 Å². The van der Waals surface area contributed by atoms with Gasteiger partial charge in [-0.25, -0.2) is 0 Å². The van der Waals surface area contributed by atoms with Gasteiger partial charge in [0.15, 0.2) is 0 Å². The lowest BCUT2D eigenvalue weighted by Crippen LogP contribution is -2.37. The zero-order chi connectivity index (χ0) is 44.1. The molecule has 1 fully saturated rings. The lowest BCUT2D eigenvalue weighted by molar-refractivity contribution is 0.164. The van der Waals surface area contributed by atoms with E-state index in [1.807, 2.05) is 6.92 Å². The molecule has 348 valence electrons. The van der Waals surface area contributed by atoms with Crippen molar-refractivity contribution in [2.75, 3.05) is 131 Å². The van der Waals surface area contributed by atoms with Crippen molar-refractivity contribution >= 4 is 0 Å². The molecule has 0 saturated heterocycles. The minimum absolute atomic E-state index is 0.139. The van der Waals surface area contributed by atoms with E-state index >= 15 is 0 Å². The fourth-order valence-electron chi connectivity index (χ4n) is 4.23. The third kappa shape index (κ3) is 85.5. The summed E-state index contributed by atoms with van der Waals surface area (Å²) in [6.45, 7) is 29.5. The van der Waals surface area contributed by atoms with Gasteiger partial charge in [0.2, 0.25) is 0 Å².